The van der Waals surface area contributed by atoms with Gasteiger partial charge in [0, 0.05) is 6.20 Å². The molecule has 2 aliphatic carbocycles. The molecule has 8 heteroatoms. The van der Waals surface area contributed by atoms with Crippen molar-refractivity contribution < 1.29 is 17.0 Å². The monoisotopic (exact) mass is 499 g/mol. The molecule has 4 atom stereocenters. The van der Waals surface area contributed by atoms with E-state index in [4.69, 9.17) is 18.6 Å². The normalized spacial score (nSPS) is 28.8. The van der Waals surface area contributed by atoms with E-state index >= 15 is 0 Å². The van der Waals surface area contributed by atoms with Crippen LogP contribution in [0.15, 0.2) is 42.6 Å². The van der Waals surface area contributed by atoms with Crippen molar-refractivity contribution >= 4 is 32.4 Å². The molecule has 2 heterocycles. The van der Waals surface area contributed by atoms with Gasteiger partial charge in [-0.1, -0.05) is 50.7 Å². The average molecular weight is 500 g/mol. The van der Waals surface area contributed by atoms with Crippen LogP contribution >= 0.6 is 18.6 Å². The molecule has 162 valence electrons. The molecule has 1 aliphatic heterocycles. The fourth-order valence-electron chi connectivity index (χ4n) is 5.49. The molecule has 30 heavy (non-hydrogen) atoms. The van der Waals surface area contributed by atoms with E-state index in [1.807, 2.05) is 12.3 Å². The van der Waals surface area contributed by atoms with Crippen molar-refractivity contribution in [1.29, 1.82) is 0 Å². The molecule has 0 bridgehead atoms. The summed E-state index contributed by atoms with van der Waals surface area (Å²) in [5.74, 6) is 2.02. The zero-order valence-corrected chi connectivity index (χ0v) is 22.5. The Bertz CT molecular complexity index is 710. The molecule has 1 saturated carbocycles. The zero-order chi connectivity index (χ0) is 20.9. The van der Waals surface area contributed by atoms with E-state index in [0.29, 0.717) is 18.5 Å². The van der Waals surface area contributed by atoms with Gasteiger partial charge in [0.05, 0.1) is 5.69 Å². The van der Waals surface area contributed by atoms with Crippen LogP contribution in [-0.4, -0.2) is 37.8 Å². The van der Waals surface area contributed by atoms with Gasteiger partial charge < -0.3 is 22.6 Å². The fourth-order valence-corrected chi connectivity index (χ4v) is 9.65. The summed E-state index contributed by atoms with van der Waals surface area (Å²) in [6.45, 7) is 9.90. The topological polar surface area (TPSA) is 44.3 Å². The summed E-state index contributed by atoms with van der Waals surface area (Å²) in [4.78, 5) is 4.66. The van der Waals surface area contributed by atoms with E-state index in [0.717, 1.165) is 30.5 Å². The predicted molar refractivity (Wildman–Crippen MR) is 129 cm³/mol. The number of aromatic nitrogens is 1. The first kappa shape index (κ1) is 26.3. The Morgan fingerprint density at radius 1 is 1.23 bits per heavy atom. The van der Waals surface area contributed by atoms with Crippen molar-refractivity contribution in [3.63, 3.8) is 0 Å². The van der Waals surface area contributed by atoms with Crippen LogP contribution in [0.4, 0.5) is 0 Å². The van der Waals surface area contributed by atoms with Crippen molar-refractivity contribution in [2.24, 2.45) is 17.8 Å². The van der Waals surface area contributed by atoms with Gasteiger partial charge >= 0.3 is 35.6 Å². The summed E-state index contributed by atoms with van der Waals surface area (Å²) < 4.78 is 2.61. The van der Waals surface area contributed by atoms with Crippen LogP contribution in [0.1, 0.15) is 25.5 Å². The number of hydrogen-bond donors (Lipinski definition) is 0. The van der Waals surface area contributed by atoms with Gasteiger partial charge in [-0.2, -0.15) is 0 Å². The molecule has 1 aromatic heterocycles. The van der Waals surface area contributed by atoms with E-state index < -0.39 is 25.3 Å². The average Bonchev–Trinajstić information content (AvgIpc) is 3.15. The third-order valence-electron chi connectivity index (χ3n) is 6.81. The Morgan fingerprint density at radius 3 is 2.53 bits per heavy atom. The summed E-state index contributed by atoms with van der Waals surface area (Å²) in [5.41, 5.74) is 3.35. The van der Waals surface area contributed by atoms with Gasteiger partial charge in [0.15, 0.2) is 0 Å². The van der Waals surface area contributed by atoms with Crippen molar-refractivity contribution in [1.82, 2.24) is 9.55 Å². The van der Waals surface area contributed by atoms with Crippen LogP contribution in [-0.2, 0) is 17.0 Å². The van der Waals surface area contributed by atoms with Gasteiger partial charge in [0.25, 0.3) is 0 Å². The SMILES string of the molecule is CCC1CC2C(c3ccccn3)=CC=CC2C1[Si](C)(C)N1C[N-]C[N-]C1.[CH3-].[Cl][Ti+4][Cl]. The second kappa shape index (κ2) is 12.3. The maximum atomic E-state index is 4.89. The van der Waals surface area contributed by atoms with Crippen molar-refractivity contribution in [3.05, 3.63) is 66.4 Å². The van der Waals surface area contributed by atoms with E-state index in [1.165, 1.54) is 18.4 Å². The number of fused-ring (bicyclic) bond motifs is 1. The van der Waals surface area contributed by atoms with Gasteiger partial charge in [0.1, 0.15) is 8.24 Å². The molecular weight excluding hydrogens is 467 g/mol. The molecular formula is C22H33Cl2N4SiTi+. The van der Waals surface area contributed by atoms with E-state index in [1.54, 1.807) is 0 Å². The molecule has 4 unspecified atom stereocenters. The standard InChI is InChI=1S/C21H30N4Si.CH3.2ClH.Ti/c1-4-16-12-19-17(20-10-5-6-11-24-20)8-7-9-18(19)21(16)26(2,3)25-14-22-13-23-15-25;;;;/h5-11,16,18-19,21H,4,12-15H2,1-3H3;1H3;2*1H;/q-2;-1;;;+6/p-2. The van der Waals surface area contributed by atoms with Crippen molar-refractivity contribution in [2.75, 3.05) is 20.0 Å². The number of hydrogen-bond acceptors (Lipinski definition) is 2. The van der Waals surface area contributed by atoms with E-state index in [-0.39, 0.29) is 7.43 Å². The van der Waals surface area contributed by atoms with Crippen molar-refractivity contribution in [2.45, 2.75) is 38.4 Å². The molecule has 4 rings (SSSR count). The van der Waals surface area contributed by atoms with Crippen LogP contribution < -0.4 is 0 Å². The first-order valence-corrected chi connectivity index (χ1v) is 17.6. The molecule has 1 saturated heterocycles. The van der Waals surface area contributed by atoms with Crippen molar-refractivity contribution in [3.8, 4) is 0 Å². The quantitative estimate of drug-likeness (QED) is 0.329. The Hall–Kier alpha value is 0.0212. The summed E-state index contributed by atoms with van der Waals surface area (Å²) in [6.07, 6.45) is 11.5. The van der Waals surface area contributed by atoms with Gasteiger partial charge in [-0.25, -0.2) is 0 Å². The Labute approximate surface area is 200 Å². The van der Waals surface area contributed by atoms with Crippen LogP contribution in [0.5, 0.6) is 0 Å². The Morgan fingerprint density at radius 2 is 1.93 bits per heavy atom. The second-order valence-corrected chi connectivity index (χ2v) is 15.7. The number of halogens is 2. The number of pyridine rings is 1. The van der Waals surface area contributed by atoms with Gasteiger partial charge in [-0.15, -0.1) is 13.3 Å². The molecule has 0 amide bonds. The van der Waals surface area contributed by atoms with Crippen LogP contribution in [0, 0.1) is 25.2 Å². The summed E-state index contributed by atoms with van der Waals surface area (Å²) in [5, 5.41) is 9.14. The zero-order valence-electron chi connectivity index (χ0n) is 18.4. The summed E-state index contributed by atoms with van der Waals surface area (Å²) in [6, 6.07) is 6.28. The van der Waals surface area contributed by atoms with Gasteiger partial charge in [-0.3, -0.25) is 11.7 Å². The maximum absolute atomic E-state index is 4.89. The molecule has 0 radical (unpaired) electrons. The van der Waals surface area contributed by atoms with Crippen LogP contribution in [0.2, 0.25) is 18.6 Å². The second-order valence-electron chi connectivity index (χ2n) is 8.47. The van der Waals surface area contributed by atoms with Crippen LogP contribution in [0.25, 0.3) is 16.2 Å². The minimum absolute atomic E-state index is 0. The summed E-state index contributed by atoms with van der Waals surface area (Å²) >= 11 is -0.556. The first-order chi connectivity index (χ1) is 14.0. The minimum atomic E-state index is -1.65. The number of allylic oxidation sites excluding steroid dienone is 4. The number of nitrogens with zero attached hydrogens (tertiary/aromatic N) is 4. The molecule has 4 nitrogen and oxygen atoms in total. The summed E-state index contributed by atoms with van der Waals surface area (Å²) in [7, 11) is 8.13. The molecule has 1 aromatic rings. The molecule has 0 aromatic carbocycles. The Kier molecular flexibility index (Phi) is 10.8. The fraction of sp³-hybridized carbons (Fsp3) is 0.545. The van der Waals surface area contributed by atoms with E-state index in [9.17, 15) is 0 Å². The molecule has 0 N–H and O–H groups in total. The first-order valence-electron chi connectivity index (χ1n) is 10.3. The third kappa shape index (κ3) is 5.68. The van der Waals surface area contributed by atoms with Gasteiger partial charge in [0.2, 0.25) is 0 Å². The molecule has 2 fully saturated rings. The van der Waals surface area contributed by atoms with Crippen LogP contribution in [0.3, 0.4) is 0 Å². The molecule has 3 aliphatic rings. The molecule has 0 spiro atoms. The number of rotatable bonds is 4. The third-order valence-corrected chi connectivity index (χ3v) is 11.2. The van der Waals surface area contributed by atoms with E-state index in [2.05, 4.69) is 70.6 Å². The van der Waals surface area contributed by atoms with Gasteiger partial charge in [-0.05, 0) is 47.4 Å². The Balaban J connectivity index is 0.000000757. The predicted octanol–water partition coefficient (Wildman–Crippen LogP) is 7.03.